The Kier molecular flexibility index (Phi) is 9.08. The molecule has 2 rings (SSSR count). The third-order valence-electron chi connectivity index (χ3n) is 2.42. The Morgan fingerprint density at radius 2 is 1.47 bits per heavy atom. The Morgan fingerprint density at radius 3 is 2.12 bits per heavy atom. The fourth-order valence-electron chi connectivity index (χ4n) is 1.83. The van der Waals surface area contributed by atoms with E-state index in [1.165, 1.54) is 21.2 Å². The van der Waals surface area contributed by atoms with E-state index in [-0.39, 0.29) is 31.0 Å². The highest BCUT2D eigenvalue weighted by Crippen LogP contribution is 2.17. The van der Waals surface area contributed by atoms with Crippen molar-refractivity contribution in [1.29, 1.82) is 0 Å². The molecule has 4 heteroatoms. The van der Waals surface area contributed by atoms with E-state index >= 15 is 0 Å². The second kappa shape index (κ2) is 8.31. The van der Waals surface area contributed by atoms with Crippen molar-refractivity contribution in [3.63, 3.8) is 0 Å². The molecule has 0 bridgehead atoms. The molecule has 0 aromatic heterocycles. The summed E-state index contributed by atoms with van der Waals surface area (Å²) in [6.45, 7) is 1.08. The second-order valence-corrected chi connectivity index (χ2v) is 4.02. The first-order valence-electron chi connectivity index (χ1n) is 5.03. The van der Waals surface area contributed by atoms with Gasteiger partial charge in [-0.2, -0.15) is 0 Å². The van der Waals surface area contributed by atoms with Crippen molar-refractivity contribution >= 4 is 10.8 Å². The van der Waals surface area contributed by atoms with E-state index in [0.717, 1.165) is 6.54 Å². The van der Waals surface area contributed by atoms with Crippen LogP contribution in [-0.4, -0.2) is 14.1 Å². The first-order chi connectivity index (χ1) is 6.77. The number of halogens is 2. The van der Waals surface area contributed by atoms with Gasteiger partial charge < -0.3 is 35.9 Å². The largest absolute Gasteiger partial charge is 1.00 e. The number of quaternary nitrogens is 2. The summed E-state index contributed by atoms with van der Waals surface area (Å²) in [4.78, 5) is 1.46. The number of rotatable bonds is 2. The Balaban J connectivity index is 0. The minimum atomic E-state index is 0. The molecule has 0 aliphatic heterocycles. The molecule has 0 aliphatic rings. The van der Waals surface area contributed by atoms with Crippen molar-refractivity contribution in [3.05, 3.63) is 48.0 Å². The van der Waals surface area contributed by atoms with Crippen molar-refractivity contribution in [2.45, 2.75) is 6.54 Å². The van der Waals surface area contributed by atoms with Gasteiger partial charge in [0.1, 0.15) is 6.54 Å². The van der Waals surface area contributed by atoms with Crippen molar-refractivity contribution in [1.82, 2.24) is 6.15 Å². The zero-order valence-electron chi connectivity index (χ0n) is 10.5. The molecule has 0 atom stereocenters. The van der Waals surface area contributed by atoms with Crippen LogP contribution < -0.4 is 35.9 Å². The van der Waals surface area contributed by atoms with Crippen LogP contribution in [0.4, 0.5) is 0 Å². The van der Waals surface area contributed by atoms with E-state index in [0.29, 0.717) is 0 Å². The molecule has 0 spiro atoms. The van der Waals surface area contributed by atoms with E-state index in [1.807, 2.05) is 0 Å². The van der Waals surface area contributed by atoms with Gasteiger partial charge in [-0.1, -0.05) is 42.5 Å². The molecule has 2 aromatic rings. The summed E-state index contributed by atoms with van der Waals surface area (Å²) >= 11 is 0. The molecular weight excluding hydrogens is 255 g/mol. The molecule has 0 saturated carbocycles. The van der Waals surface area contributed by atoms with Crippen molar-refractivity contribution < 1.29 is 29.7 Å². The van der Waals surface area contributed by atoms with Crippen LogP contribution in [0.15, 0.2) is 42.5 Å². The zero-order valence-corrected chi connectivity index (χ0v) is 12.0. The predicted octanol–water partition coefficient (Wildman–Crippen LogP) is -4.13. The van der Waals surface area contributed by atoms with Crippen LogP contribution >= 0.6 is 0 Å². The Bertz CT molecular complexity index is 439. The van der Waals surface area contributed by atoms with Gasteiger partial charge in [0.15, 0.2) is 0 Å². The summed E-state index contributed by atoms with van der Waals surface area (Å²) in [6, 6.07) is 15.1. The summed E-state index contributed by atoms with van der Waals surface area (Å²) in [5.74, 6) is 0. The Labute approximate surface area is 115 Å². The van der Waals surface area contributed by atoms with Gasteiger partial charge in [-0.05, 0) is 10.8 Å². The number of nitrogens with one attached hydrogen (secondary N) is 1. The molecule has 0 unspecified atom stereocenters. The number of benzene rings is 2. The molecule has 0 aliphatic carbocycles. The second-order valence-electron chi connectivity index (χ2n) is 4.02. The normalized spacial score (nSPS) is 9.12. The zero-order chi connectivity index (χ0) is 9.97. The summed E-state index contributed by atoms with van der Waals surface area (Å²) in [5.41, 5.74) is 1.43. The number of hydrogen-bond donors (Lipinski definition) is 2. The monoisotopic (exact) mass is 274 g/mol. The summed E-state index contributed by atoms with van der Waals surface area (Å²) in [6.07, 6.45) is 0. The maximum atomic E-state index is 2.22. The van der Waals surface area contributed by atoms with E-state index in [4.69, 9.17) is 0 Å². The highest BCUT2D eigenvalue weighted by Gasteiger charge is 2.02. The lowest BCUT2D eigenvalue weighted by atomic mass is 10.0. The van der Waals surface area contributed by atoms with Crippen LogP contribution in [-0.2, 0) is 6.54 Å². The third-order valence-corrected chi connectivity index (χ3v) is 2.42. The average molecular weight is 275 g/mol. The average Bonchev–Trinajstić information content (AvgIpc) is 2.18. The van der Waals surface area contributed by atoms with Crippen LogP contribution in [0.1, 0.15) is 5.56 Å². The van der Waals surface area contributed by atoms with Gasteiger partial charge in [-0.25, -0.2) is 0 Å². The van der Waals surface area contributed by atoms with Gasteiger partial charge >= 0.3 is 0 Å². The van der Waals surface area contributed by atoms with Crippen LogP contribution in [0.5, 0.6) is 0 Å². The van der Waals surface area contributed by atoms with Gasteiger partial charge in [-0.3, -0.25) is 0 Å². The molecule has 2 nitrogen and oxygen atoms in total. The third kappa shape index (κ3) is 4.52. The van der Waals surface area contributed by atoms with Crippen molar-refractivity contribution in [2.75, 3.05) is 14.1 Å². The fourth-order valence-corrected chi connectivity index (χ4v) is 1.83. The van der Waals surface area contributed by atoms with Crippen LogP contribution in [0.25, 0.3) is 10.8 Å². The lowest BCUT2D eigenvalue weighted by Crippen LogP contribution is -3.04. The van der Waals surface area contributed by atoms with Gasteiger partial charge in [0, 0.05) is 5.56 Å². The predicted molar refractivity (Wildman–Crippen MR) is 66.4 cm³/mol. The first-order valence-corrected chi connectivity index (χ1v) is 5.03. The lowest BCUT2D eigenvalue weighted by molar-refractivity contribution is -0.872. The Hall–Kier alpha value is -0.800. The van der Waals surface area contributed by atoms with E-state index in [2.05, 4.69) is 56.6 Å². The van der Waals surface area contributed by atoms with Gasteiger partial charge in [0.2, 0.25) is 0 Å². The highest BCUT2D eigenvalue weighted by atomic mass is 35.5. The molecule has 0 amide bonds. The lowest BCUT2D eigenvalue weighted by Gasteiger charge is -2.09. The Morgan fingerprint density at radius 1 is 0.882 bits per heavy atom. The minimum Gasteiger partial charge on any atom is -1.00 e. The maximum absolute atomic E-state index is 2.22. The quantitative estimate of drug-likeness (QED) is 0.559. The van der Waals surface area contributed by atoms with E-state index in [1.54, 1.807) is 0 Å². The summed E-state index contributed by atoms with van der Waals surface area (Å²) in [5, 5.41) is 2.72. The van der Waals surface area contributed by atoms with E-state index < -0.39 is 0 Å². The molecule has 0 heterocycles. The summed E-state index contributed by atoms with van der Waals surface area (Å²) < 4.78 is 0. The first kappa shape index (κ1) is 18.6. The van der Waals surface area contributed by atoms with E-state index in [9.17, 15) is 0 Å². The smallest absolute Gasteiger partial charge is 0.103 e. The molecule has 96 valence electrons. The maximum Gasteiger partial charge on any atom is 0.103 e. The minimum absolute atomic E-state index is 0. The van der Waals surface area contributed by atoms with Crippen LogP contribution in [0.3, 0.4) is 0 Å². The molecule has 0 radical (unpaired) electrons. The summed E-state index contributed by atoms with van der Waals surface area (Å²) in [7, 11) is 4.36. The van der Waals surface area contributed by atoms with Gasteiger partial charge in [0.25, 0.3) is 0 Å². The molecule has 0 saturated heterocycles. The molecule has 2 aromatic carbocycles. The number of hydrogen-bond acceptors (Lipinski definition) is 0. The topological polar surface area (TPSA) is 40.9 Å². The molecule has 17 heavy (non-hydrogen) atoms. The number of fused-ring (bicyclic) bond motifs is 1. The highest BCUT2D eigenvalue weighted by molar-refractivity contribution is 5.85. The van der Waals surface area contributed by atoms with Gasteiger partial charge in [0.05, 0.1) is 14.1 Å². The van der Waals surface area contributed by atoms with Gasteiger partial charge in [-0.15, -0.1) is 0 Å². The fraction of sp³-hybridized carbons (Fsp3) is 0.231. The SMILES string of the molecule is C[NH+](C)Cc1cccc2ccccc12.[Cl-].[Cl-].[NH4+]. The van der Waals surface area contributed by atoms with Crippen molar-refractivity contribution in [2.24, 2.45) is 0 Å². The molecular formula is C13H20Cl2N2. The molecule has 0 fully saturated rings. The standard InChI is InChI=1S/C13H15N.2ClH.H3N/c1-14(2)10-12-8-5-7-11-6-3-4-9-13(11)12;;;/h3-9H,10H2,1-2H3;2*1H;1H3. The molecule has 5 N–H and O–H groups in total. The van der Waals surface area contributed by atoms with Crippen LogP contribution in [0, 0.1) is 0 Å². The van der Waals surface area contributed by atoms with Crippen molar-refractivity contribution in [3.8, 4) is 0 Å². The van der Waals surface area contributed by atoms with Crippen LogP contribution in [0.2, 0.25) is 0 Å².